The number of pyridine rings is 1. The van der Waals surface area contributed by atoms with Crippen molar-refractivity contribution in [3.05, 3.63) is 29.6 Å². The second kappa shape index (κ2) is 15.2. The van der Waals surface area contributed by atoms with Crippen molar-refractivity contribution in [2.75, 3.05) is 0 Å². The van der Waals surface area contributed by atoms with E-state index in [4.69, 9.17) is 0 Å². The summed E-state index contributed by atoms with van der Waals surface area (Å²) in [5.74, 6) is 0. The first-order valence-corrected chi connectivity index (χ1v) is 9.70. The molecule has 0 aliphatic heterocycles. The molecule has 0 unspecified atom stereocenters. The zero-order valence-electron chi connectivity index (χ0n) is 15.7. The maximum Gasteiger partial charge on any atom is 0.181 e. The smallest absolute Gasteiger partial charge is 0.181 e. The van der Waals surface area contributed by atoms with Crippen molar-refractivity contribution in [1.29, 1.82) is 0 Å². The molecular formula is C21H38BrN. The van der Waals surface area contributed by atoms with Gasteiger partial charge in [-0.1, -0.05) is 77.6 Å². The predicted octanol–water partition coefficient (Wildman–Crippen LogP) is 3.07. The van der Waals surface area contributed by atoms with Crippen LogP contribution in [0.2, 0.25) is 0 Å². The number of halogens is 1. The van der Waals surface area contributed by atoms with Crippen LogP contribution < -0.4 is 21.5 Å². The van der Waals surface area contributed by atoms with Gasteiger partial charge in [-0.3, -0.25) is 0 Å². The quantitative estimate of drug-likeness (QED) is 0.364. The van der Waals surface area contributed by atoms with E-state index in [9.17, 15) is 0 Å². The molecular weight excluding hydrogens is 346 g/mol. The Kier molecular flexibility index (Phi) is 14.9. The van der Waals surface area contributed by atoms with Gasteiger partial charge in [0.15, 0.2) is 11.9 Å². The number of aryl methyl sites for hydroxylation is 2. The molecule has 0 fully saturated rings. The average molecular weight is 384 g/mol. The minimum absolute atomic E-state index is 0. The van der Waals surface area contributed by atoms with Crippen LogP contribution in [-0.4, -0.2) is 0 Å². The summed E-state index contributed by atoms with van der Waals surface area (Å²) in [6.45, 7) is 4.52. The number of unbranched alkanes of at least 4 members (excludes halogenated alkanes) is 11. The summed E-state index contributed by atoms with van der Waals surface area (Å²) in [5.41, 5.74) is 2.95. The van der Waals surface area contributed by atoms with Crippen LogP contribution in [0, 0.1) is 6.92 Å². The van der Waals surface area contributed by atoms with Crippen LogP contribution in [0.1, 0.15) is 95.2 Å². The number of nitrogens with zero attached hydrogens (tertiary/aromatic N) is 1. The Morgan fingerprint density at radius 2 is 1.26 bits per heavy atom. The topological polar surface area (TPSA) is 3.88 Å². The van der Waals surface area contributed by atoms with Crippen LogP contribution in [0.3, 0.4) is 0 Å². The predicted molar refractivity (Wildman–Crippen MR) is 97.1 cm³/mol. The van der Waals surface area contributed by atoms with Gasteiger partial charge in [0.1, 0.15) is 7.05 Å². The minimum atomic E-state index is 0. The molecule has 0 saturated heterocycles. The van der Waals surface area contributed by atoms with E-state index in [0.29, 0.717) is 0 Å². The van der Waals surface area contributed by atoms with Crippen LogP contribution >= 0.6 is 0 Å². The first-order chi connectivity index (χ1) is 10.8. The zero-order valence-corrected chi connectivity index (χ0v) is 17.3. The Balaban J connectivity index is 0.00000484. The molecule has 0 atom stereocenters. The Labute approximate surface area is 155 Å². The molecule has 0 aliphatic rings. The molecule has 0 saturated carbocycles. The highest BCUT2D eigenvalue weighted by Crippen LogP contribution is 2.13. The van der Waals surface area contributed by atoms with Crippen LogP contribution in [0.5, 0.6) is 0 Å². The Bertz CT molecular complexity index is 389. The van der Waals surface area contributed by atoms with Gasteiger partial charge in [0, 0.05) is 18.6 Å². The third-order valence-corrected chi connectivity index (χ3v) is 4.90. The number of hydrogen-bond donors (Lipinski definition) is 0. The van der Waals surface area contributed by atoms with E-state index in [1.165, 1.54) is 94.7 Å². The number of rotatable bonds is 13. The molecule has 0 amide bonds. The van der Waals surface area contributed by atoms with Gasteiger partial charge in [-0.05, 0) is 18.9 Å². The van der Waals surface area contributed by atoms with Crippen molar-refractivity contribution >= 4 is 0 Å². The van der Waals surface area contributed by atoms with Crippen LogP contribution in [0.4, 0.5) is 0 Å². The molecule has 1 aromatic rings. The maximum atomic E-state index is 2.29. The van der Waals surface area contributed by atoms with Crippen molar-refractivity contribution in [2.45, 2.75) is 97.3 Å². The van der Waals surface area contributed by atoms with Crippen LogP contribution in [0.25, 0.3) is 0 Å². The van der Waals surface area contributed by atoms with E-state index in [-0.39, 0.29) is 17.0 Å². The lowest BCUT2D eigenvalue weighted by atomic mass is 10.0. The summed E-state index contributed by atoms with van der Waals surface area (Å²) in [6, 6.07) is 4.46. The van der Waals surface area contributed by atoms with E-state index < -0.39 is 0 Å². The molecule has 0 aromatic carbocycles. The first kappa shape index (κ1) is 22.6. The highest BCUT2D eigenvalue weighted by Gasteiger charge is 2.06. The van der Waals surface area contributed by atoms with E-state index >= 15 is 0 Å². The molecule has 0 radical (unpaired) electrons. The monoisotopic (exact) mass is 383 g/mol. The van der Waals surface area contributed by atoms with Gasteiger partial charge >= 0.3 is 0 Å². The lowest BCUT2D eigenvalue weighted by Crippen LogP contribution is -3.00. The van der Waals surface area contributed by atoms with Crippen molar-refractivity contribution < 1.29 is 21.5 Å². The molecule has 134 valence electrons. The third kappa shape index (κ3) is 10.9. The van der Waals surface area contributed by atoms with Gasteiger partial charge in [-0.2, -0.15) is 0 Å². The Hall–Kier alpha value is -0.370. The summed E-state index contributed by atoms with van der Waals surface area (Å²) >= 11 is 0. The summed E-state index contributed by atoms with van der Waals surface area (Å²) < 4.78 is 2.23. The summed E-state index contributed by atoms with van der Waals surface area (Å²) in [5, 5.41) is 0. The molecule has 2 heteroatoms. The molecule has 0 spiro atoms. The number of hydrogen-bond acceptors (Lipinski definition) is 0. The maximum absolute atomic E-state index is 2.29. The van der Waals surface area contributed by atoms with Crippen molar-refractivity contribution in [1.82, 2.24) is 0 Å². The average Bonchev–Trinajstić information content (AvgIpc) is 2.52. The molecule has 1 rings (SSSR count). The standard InChI is InChI=1S/C21H38N.BrH/c1-4-5-6-7-8-9-10-11-12-13-14-15-17-21-18-16-19-22(3)20(21)2;/h16,18-19H,4-15,17H2,1-3H3;1H/q+1;/p-1. The Morgan fingerprint density at radius 3 is 1.78 bits per heavy atom. The fourth-order valence-electron chi connectivity index (χ4n) is 3.17. The molecule has 1 nitrogen and oxygen atoms in total. The SMILES string of the molecule is CCCCCCCCCCCCCCc1ccc[n+](C)c1C.[Br-]. The minimum Gasteiger partial charge on any atom is -1.00 e. The van der Waals surface area contributed by atoms with E-state index in [1.807, 2.05) is 0 Å². The highest BCUT2D eigenvalue weighted by molar-refractivity contribution is 5.14. The van der Waals surface area contributed by atoms with Crippen molar-refractivity contribution in [3.8, 4) is 0 Å². The molecule has 23 heavy (non-hydrogen) atoms. The zero-order chi connectivity index (χ0) is 16.0. The fraction of sp³-hybridized carbons (Fsp3) is 0.762. The second-order valence-electron chi connectivity index (χ2n) is 6.87. The number of aromatic nitrogens is 1. The first-order valence-electron chi connectivity index (χ1n) is 9.70. The normalized spacial score (nSPS) is 10.6. The summed E-state index contributed by atoms with van der Waals surface area (Å²) in [4.78, 5) is 0. The van der Waals surface area contributed by atoms with Crippen LogP contribution in [0.15, 0.2) is 18.3 Å². The molecule has 0 N–H and O–H groups in total. The van der Waals surface area contributed by atoms with Gasteiger partial charge in [0.25, 0.3) is 0 Å². The van der Waals surface area contributed by atoms with Gasteiger partial charge in [-0.15, -0.1) is 0 Å². The lowest BCUT2D eigenvalue weighted by molar-refractivity contribution is -0.678. The fourth-order valence-corrected chi connectivity index (χ4v) is 3.17. The van der Waals surface area contributed by atoms with Gasteiger partial charge in [0.2, 0.25) is 0 Å². The van der Waals surface area contributed by atoms with E-state index in [2.05, 4.69) is 43.8 Å². The summed E-state index contributed by atoms with van der Waals surface area (Å²) in [7, 11) is 2.14. The van der Waals surface area contributed by atoms with Crippen molar-refractivity contribution in [2.24, 2.45) is 7.05 Å². The molecule has 1 heterocycles. The molecule has 1 aromatic heterocycles. The lowest BCUT2D eigenvalue weighted by Gasteiger charge is -2.04. The van der Waals surface area contributed by atoms with E-state index in [1.54, 1.807) is 0 Å². The van der Waals surface area contributed by atoms with Crippen molar-refractivity contribution in [3.63, 3.8) is 0 Å². The largest absolute Gasteiger partial charge is 1.00 e. The summed E-state index contributed by atoms with van der Waals surface area (Å²) in [6.07, 6.45) is 20.5. The highest BCUT2D eigenvalue weighted by atomic mass is 79.9. The van der Waals surface area contributed by atoms with Gasteiger partial charge in [0.05, 0.1) is 0 Å². The van der Waals surface area contributed by atoms with Gasteiger partial charge in [-0.25, -0.2) is 4.57 Å². The third-order valence-electron chi connectivity index (χ3n) is 4.90. The molecule has 0 aliphatic carbocycles. The molecule has 0 bridgehead atoms. The van der Waals surface area contributed by atoms with E-state index in [0.717, 1.165) is 0 Å². The van der Waals surface area contributed by atoms with Gasteiger partial charge < -0.3 is 17.0 Å². The van der Waals surface area contributed by atoms with Crippen LogP contribution in [-0.2, 0) is 13.5 Å². The Morgan fingerprint density at radius 1 is 0.783 bits per heavy atom. The second-order valence-corrected chi connectivity index (χ2v) is 6.87.